The van der Waals surface area contributed by atoms with E-state index in [-0.39, 0.29) is 0 Å². The van der Waals surface area contributed by atoms with Crippen LogP contribution in [0.1, 0.15) is 24.0 Å². The number of hydrogen-bond donors (Lipinski definition) is 1. The lowest BCUT2D eigenvalue weighted by Gasteiger charge is -2.41. The highest BCUT2D eigenvalue weighted by atomic mass is 15.3. The molecule has 0 aromatic heterocycles. The van der Waals surface area contributed by atoms with Crippen LogP contribution in [-0.4, -0.2) is 55.1 Å². The van der Waals surface area contributed by atoms with E-state index in [4.69, 9.17) is 0 Å². The number of nitrogens with zero attached hydrogens (tertiary/aromatic N) is 2. The van der Waals surface area contributed by atoms with Gasteiger partial charge in [-0.2, -0.15) is 0 Å². The first-order valence-electron chi connectivity index (χ1n) is 8.04. The van der Waals surface area contributed by atoms with Crippen molar-refractivity contribution in [2.45, 2.75) is 32.4 Å². The summed E-state index contributed by atoms with van der Waals surface area (Å²) >= 11 is 0. The largest absolute Gasteiger partial charge is 0.317 e. The molecule has 1 N–H and O–H groups in total. The SMILES string of the molecule is Cc1ccccc1CN1CCN(C2CCNCC2)CC1. The van der Waals surface area contributed by atoms with Crippen molar-refractivity contribution in [1.29, 1.82) is 0 Å². The summed E-state index contributed by atoms with van der Waals surface area (Å²) in [5, 5.41) is 3.46. The van der Waals surface area contributed by atoms with E-state index in [1.165, 1.54) is 63.2 Å². The van der Waals surface area contributed by atoms with Gasteiger partial charge in [-0.05, 0) is 44.0 Å². The minimum Gasteiger partial charge on any atom is -0.317 e. The third-order valence-corrected chi connectivity index (χ3v) is 4.89. The molecule has 2 fully saturated rings. The zero-order valence-electron chi connectivity index (χ0n) is 12.6. The third-order valence-electron chi connectivity index (χ3n) is 4.89. The quantitative estimate of drug-likeness (QED) is 0.907. The van der Waals surface area contributed by atoms with Crippen LogP contribution in [0, 0.1) is 6.92 Å². The number of hydrogen-bond acceptors (Lipinski definition) is 3. The van der Waals surface area contributed by atoms with E-state index in [2.05, 4.69) is 46.3 Å². The molecule has 0 atom stereocenters. The Morgan fingerprint density at radius 2 is 1.75 bits per heavy atom. The zero-order valence-corrected chi connectivity index (χ0v) is 12.6. The Balaban J connectivity index is 1.50. The summed E-state index contributed by atoms with van der Waals surface area (Å²) in [6.07, 6.45) is 2.66. The first-order valence-corrected chi connectivity index (χ1v) is 8.04. The zero-order chi connectivity index (χ0) is 13.8. The summed E-state index contributed by atoms with van der Waals surface area (Å²) in [6.45, 7) is 10.7. The Labute approximate surface area is 123 Å². The molecule has 2 heterocycles. The highest BCUT2D eigenvalue weighted by Gasteiger charge is 2.24. The van der Waals surface area contributed by atoms with E-state index in [1.54, 1.807) is 0 Å². The smallest absolute Gasteiger partial charge is 0.0237 e. The van der Waals surface area contributed by atoms with Gasteiger partial charge in [0.05, 0.1) is 0 Å². The van der Waals surface area contributed by atoms with Gasteiger partial charge in [0.15, 0.2) is 0 Å². The second-order valence-corrected chi connectivity index (χ2v) is 6.22. The number of nitrogens with one attached hydrogen (secondary N) is 1. The van der Waals surface area contributed by atoms with Gasteiger partial charge in [0.25, 0.3) is 0 Å². The maximum absolute atomic E-state index is 3.46. The monoisotopic (exact) mass is 273 g/mol. The number of piperidine rings is 1. The van der Waals surface area contributed by atoms with Gasteiger partial charge >= 0.3 is 0 Å². The van der Waals surface area contributed by atoms with Crippen LogP contribution in [0.15, 0.2) is 24.3 Å². The normalized spacial score (nSPS) is 23.1. The van der Waals surface area contributed by atoms with Gasteiger partial charge in [-0.3, -0.25) is 9.80 Å². The van der Waals surface area contributed by atoms with Gasteiger partial charge < -0.3 is 5.32 Å². The van der Waals surface area contributed by atoms with E-state index in [0.717, 1.165) is 12.6 Å². The fourth-order valence-corrected chi connectivity index (χ4v) is 3.49. The molecule has 1 aromatic carbocycles. The van der Waals surface area contributed by atoms with Crippen LogP contribution in [-0.2, 0) is 6.54 Å². The molecular formula is C17H27N3. The van der Waals surface area contributed by atoms with Crippen LogP contribution in [0.4, 0.5) is 0 Å². The Morgan fingerprint density at radius 3 is 2.45 bits per heavy atom. The summed E-state index contributed by atoms with van der Waals surface area (Å²) < 4.78 is 0. The van der Waals surface area contributed by atoms with Crippen molar-refractivity contribution in [3.05, 3.63) is 35.4 Å². The third kappa shape index (κ3) is 3.40. The van der Waals surface area contributed by atoms with Crippen LogP contribution < -0.4 is 5.32 Å². The Morgan fingerprint density at radius 1 is 1.05 bits per heavy atom. The molecule has 2 saturated heterocycles. The fraction of sp³-hybridized carbons (Fsp3) is 0.647. The average molecular weight is 273 g/mol. The lowest BCUT2D eigenvalue weighted by atomic mass is 10.0. The standard InChI is InChI=1S/C17H27N3/c1-15-4-2-3-5-16(15)14-19-10-12-20(13-11-19)17-6-8-18-9-7-17/h2-5,17-18H,6-14H2,1H3. The summed E-state index contributed by atoms with van der Waals surface area (Å²) in [4.78, 5) is 5.33. The number of rotatable bonds is 3. The first-order chi connectivity index (χ1) is 9.83. The average Bonchev–Trinajstić information content (AvgIpc) is 2.51. The summed E-state index contributed by atoms with van der Waals surface area (Å²) in [7, 11) is 0. The van der Waals surface area contributed by atoms with E-state index in [0.29, 0.717) is 0 Å². The Hall–Kier alpha value is -0.900. The van der Waals surface area contributed by atoms with Crippen molar-refractivity contribution in [1.82, 2.24) is 15.1 Å². The van der Waals surface area contributed by atoms with E-state index < -0.39 is 0 Å². The maximum Gasteiger partial charge on any atom is 0.0237 e. The molecule has 0 unspecified atom stereocenters. The van der Waals surface area contributed by atoms with Crippen molar-refractivity contribution in [3.8, 4) is 0 Å². The highest BCUT2D eigenvalue weighted by Crippen LogP contribution is 2.17. The van der Waals surface area contributed by atoms with Crippen LogP contribution in [0.3, 0.4) is 0 Å². The van der Waals surface area contributed by atoms with E-state index in [1.807, 2.05) is 0 Å². The molecule has 2 aliphatic heterocycles. The molecule has 2 aliphatic rings. The molecule has 3 rings (SSSR count). The van der Waals surface area contributed by atoms with Crippen molar-refractivity contribution in [2.75, 3.05) is 39.3 Å². The summed E-state index contributed by atoms with van der Waals surface area (Å²) in [5.74, 6) is 0. The second kappa shape index (κ2) is 6.70. The van der Waals surface area contributed by atoms with Gasteiger partial charge in [0, 0.05) is 38.8 Å². The van der Waals surface area contributed by atoms with Crippen LogP contribution in [0.25, 0.3) is 0 Å². The minimum atomic E-state index is 0.830. The second-order valence-electron chi connectivity index (χ2n) is 6.22. The lowest BCUT2D eigenvalue weighted by molar-refractivity contribution is 0.0783. The first kappa shape index (κ1) is 14.1. The minimum absolute atomic E-state index is 0.830. The van der Waals surface area contributed by atoms with Crippen molar-refractivity contribution in [3.63, 3.8) is 0 Å². The molecule has 0 radical (unpaired) electrons. The summed E-state index contributed by atoms with van der Waals surface area (Å²) in [6, 6.07) is 9.62. The van der Waals surface area contributed by atoms with Crippen molar-refractivity contribution in [2.24, 2.45) is 0 Å². The van der Waals surface area contributed by atoms with Gasteiger partial charge in [0.2, 0.25) is 0 Å². The fourth-order valence-electron chi connectivity index (χ4n) is 3.49. The molecule has 1 aromatic rings. The molecular weight excluding hydrogens is 246 g/mol. The molecule has 0 spiro atoms. The predicted molar refractivity (Wildman–Crippen MR) is 83.9 cm³/mol. The van der Waals surface area contributed by atoms with E-state index in [9.17, 15) is 0 Å². The van der Waals surface area contributed by atoms with Crippen LogP contribution >= 0.6 is 0 Å². The van der Waals surface area contributed by atoms with Crippen LogP contribution in [0.2, 0.25) is 0 Å². The van der Waals surface area contributed by atoms with Gasteiger partial charge in [-0.25, -0.2) is 0 Å². The van der Waals surface area contributed by atoms with Crippen molar-refractivity contribution >= 4 is 0 Å². The number of benzene rings is 1. The molecule has 20 heavy (non-hydrogen) atoms. The molecule has 0 saturated carbocycles. The molecule has 110 valence electrons. The molecule has 0 bridgehead atoms. The number of aryl methyl sites for hydroxylation is 1. The van der Waals surface area contributed by atoms with Gasteiger partial charge in [-0.15, -0.1) is 0 Å². The lowest BCUT2D eigenvalue weighted by Crippen LogP contribution is -2.52. The predicted octanol–water partition coefficient (Wildman–Crippen LogP) is 1.86. The molecule has 3 nitrogen and oxygen atoms in total. The van der Waals surface area contributed by atoms with Gasteiger partial charge in [-0.1, -0.05) is 24.3 Å². The van der Waals surface area contributed by atoms with Gasteiger partial charge in [0.1, 0.15) is 0 Å². The molecule has 0 aliphatic carbocycles. The Bertz CT molecular complexity index is 418. The molecule has 3 heteroatoms. The number of piperazine rings is 1. The van der Waals surface area contributed by atoms with Crippen LogP contribution in [0.5, 0.6) is 0 Å². The Kier molecular flexibility index (Phi) is 4.71. The summed E-state index contributed by atoms with van der Waals surface area (Å²) in [5.41, 5.74) is 2.91. The maximum atomic E-state index is 3.46. The molecule has 0 amide bonds. The van der Waals surface area contributed by atoms with Crippen molar-refractivity contribution < 1.29 is 0 Å². The highest BCUT2D eigenvalue weighted by molar-refractivity contribution is 5.25. The van der Waals surface area contributed by atoms with E-state index >= 15 is 0 Å². The topological polar surface area (TPSA) is 18.5 Å².